The predicted molar refractivity (Wildman–Crippen MR) is 111 cm³/mol. The molecule has 7 heteroatoms. The number of sulfonamides is 1. The summed E-state index contributed by atoms with van der Waals surface area (Å²) in [6.45, 7) is 9.76. The summed E-state index contributed by atoms with van der Waals surface area (Å²) in [4.78, 5) is 17.2. The van der Waals surface area contributed by atoms with Crippen molar-refractivity contribution in [3.05, 3.63) is 59.2 Å². The van der Waals surface area contributed by atoms with Crippen LogP contribution in [0.4, 0.5) is 5.69 Å². The van der Waals surface area contributed by atoms with Crippen LogP contribution in [0.1, 0.15) is 28.4 Å². The van der Waals surface area contributed by atoms with Gasteiger partial charge in [-0.1, -0.05) is 31.2 Å². The van der Waals surface area contributed by atoms with Crippen LogP contribution >= 0.6 is 0 Å². The molecule has 0 aromatic heterocycles. The van der Waals surface area contributed by atoms with Crippen LogP contribution in [0.15, 0.2) is 47.4 Å². The molecular formula is C21H27N3O3S. The van der Waals surface area contributed by atoms with E-state index in [9.17, 15) is 13.2 Å². The average Bonchev–Trinajstić information content (AvgIpc) is 2.69. The normalized spacial score (nSPS) is 15.5. The van der Waals surface area contributed by atoms with Gasteiger partial charge < -0.3 is 9.80 Å². The summed E-state index contributed by atoms with van der Waals surface area (Å²) in [5, 5.41) is 0. The zero-order chi connectivity index (χ0) is 20.3. The first-order valence-corrected chi connectivity index (χ1v) is 11.0. The monoisotopic (exact) mass is 401 g/mol. The van der Waals surface area contributed by atoms with Gasteiger partial charge in [-0.3, -0.25) is 9.52 Å². The van der Waals surface area contributed by atoms with Crippen molar-refractivity contribution in [2.75, 3.05) is 37.4 Å². The molecule has 1 fully saturated rings. The molecule has 1 saturated heterocycles. The third-order valence-corrected chi connectivity index (χ3v) is 6.61. The van der Waals surface area contributed by atoms with Gasteiger partial charge in [0, 0.05) is 31.7 Å². The molecule has 1 aliphatic heterocycles. The van der Waals surface area contributed by atoms with Gasteiger partial charge in [-0.2, -0.15) is 0 Å². The summed E-state index contributed by atoms with van der Waals surface area (Å²) in [5.41, 5.74) is 2.59. The fourth-order valence-corrected chi connectivity index (χ4v) is 4.48. The highest BCUT2D eigenvalue weighted by Crippen LogP contribution is 2.22. The summed E-state index contributed by atoms with van der Waals surface area (Å²) >= 11 is 0. The Morgan fingerprint density at radius 2 is 1.68 bits per heavy atom. The van der Waals surface area contributed by atoms with Crippen molar-refractivity contribution < 1.29 is 13.2 Å². The van der Waals surface area contributed by atoms with Crippen LogP contribution in [-0.2, 0) is 10.0 Å². The minimum Gasteiger partial charge on any atom is -0.336 e. The highest BCUT2D eigenvalue weighted by Gasteiger charge is 2.24. The molecule has 0 saturated carbocycles. The average molecular weight is 402 g/mol. The Morgan fingerprint density at radius 3 is 2.32 bits per heavy atom. The second kappa shape index (κ2) is 8.32. The van der Waals surface area contributed by atoms with Gasteiger partial charge in [-0.15, -0.1) is 0 Å². The number of benzene rings is 2. The van der Waals surface area contributed by atoms with Gasteiger partial charge in [0.1, 0.15) is 0 Å². The number of para-hydroxylation sites is 1. The summed E-state index contributed by atoms with van der Waals surface area (Å²) in [6.07, 6.45) is 0. The second-order valence-corrected chi connectivity index (χ2v) is 8.81. The van der Waals surface area contributed by atoms with E-state index in [0.717, 1.165) is 30.8 Å². The van der Waals surface area contributed by atoms with Crippen molar-refractivity contribution in [1.82, 2.24) is 9.80 Å². The first-order chi connectivity index (χ1) is 13.3. The maximum atomic E-state index is 13.0. The number of hydrogen-bond donors (Lipinski definition) is 1. The minimum absolute atomic E-state index is 0.0943. The smallest absolute Gasteiger partial charge is 0.261 e. The Bertz CT molecular complexity index is 965. The van der Waals surface area contributed by atoms with E-state index in [4.69, 9.17) is 0 Å². The van der Waals surface area contributed by atoms with Crippen molar-refractivity contribution >= 4 is 21.6 Å². The van der Waals surface area contributed by atoms with E-state index in [1.807, 2.05) is 26.0 Å². The molecule has 6 nitrogen and oxygen atoms in total. The lowest BCUT2D eigenvalue weighted by Crippen LogP contribution is -2.48. The number of anilines is 1. The number of nitrogens with zero attached hydrogens (tertiary/aromatic N) is 2. The number of carbonyl (C=O) groups is 1. The molecule has 3 rings (SSSR count). The Kier molecular flexibility index (Phi) is 6.05. The fourth-order valence-electron chi connectivity index (χ4n) is 3.33. The highest BCUT2D eigenvalue weighted by atomic mass is 32.2. The molecule has 0 spiro atoms. The van der Waals surface area contributed by atoms with Crippen LogP contribution in [0.5, 0.6) is 0 Å². The molecular weight excluding hydrogens is 374 g/mol. The molecule has 2 aromatic rings. The summed E-state index contributed by atoms with van der Waals surface area (Å²) in [7, 11) is -3.78. The fraction of sp³-hybridized carbons (Fsp3) is 0.381. The van der Waals surface area contributed by atoms with Crippen molar-refractivity contribution in [3.63, 3.8) is 0 Å². The van der Waals surface area contributed by atoms with Gasteiger partial charge in [0.15, 0.2) is 0 Å². The van der Waals surface area contributed by atoms with Gasteiger partial charge in [0.25, 0.3) is 15.9 Å². The van der Waals surface area contributed by atoms with Crippen LogP contribution in [-0.4, -0.2) is 56.8 Å². The molecule has 0 aliphatic carbocycles. The summed E-state index contributed by atoms with van der Waals surface area (Å²) in [5.74, 6) is -0.110. The number of aryl methyl sites for hydroxylation is 2. The Hall–Kier alpha value is -2.38. The van der Waals surface area contributed by atoms with Gasteiger partial charge in [-0.05, 0) is 49.7 Å². The van der Waals surface area contributed by atoms with E-state index < -0.39 is 10.0 Å². The number of carbonyl (C=O) groups excluding carboxylic acids is 1. The number of piperazine rings is 1. The van der Waals surface area contributed by atoms with E-state index in [-0.39, 0.29) is 10.8 Å². The summed E-state index contributed by atoms with van der Waals surface area (Å²) < 4.78 is 28.3. The van der Waals surface area contributed by atoms with Gasteiger partial charge >= 0.3 is 0 Å². The van der Waals surface area contributed by atoms with E-state index in [2.05, 4.69) is 16.5 Å². The van der Waals surface area contributed by atoms with E-state index in [1.165, 1.54) is 6.07 Å². The molecule has 150 valence electrons. The minimum atomic E-state index is -3.78. The SMILES string of the molecule is CCN1CCN(C(=O)c2cc(S(=O)(=O)Nc3ccccc3C)ccc2C)CC1. The standard InChI is InChI=1S/C21H27N3O3S/c1-4-23-11-13-24(14-12-23)21(25)19-15-18(10-9-16(19)2)28(26,27)22-20-8-6-5-7-17(20)3/h5-10,15,22H,4,11-14H2,1-3H3. The molecule has 1 N–H and O–H groups in total. The Labute approximate surface area is 167 Å². The number of hydrogen-bond acceptors (Lipinski definition) is 4. The van der Waals surface area contributed by atoms with Crippen LogP contribution < -0.4 is 4.72 Å². The predicted octanol–water partition coefficient (Wildman–Crippen LogP) is 2.88. The van der Waals surface area contributed by atoms with Crippen molar-refractivity contribution in [2.45, 2.75) is 25.7 Å². The molecule has 1 heterocycles. The topological polar surface area (TPSA) is 69.7 Å². The van der Waals surface area contributed by atoms with Crippen LogP contribution in [0.2, 0.25) is 0 Å². The molecule has 28 heavy (non-hydrogen) atoms. The quantitative estimate of drug-likeness (QED) is 0.836. The van der Waals surface area contributed by atoms with Crippen molar-refractivity contribution in [3.8, 4) is 0 Å². The molecule has 1 aliphatic rings. The first-order valence-electron chi connectivity index (χ1n) is 9.52. The summed E-state index contributed by atoms with van der Waals surface area (Å²) in [6, 6.07) is 11.9. The lowest BCUT2D eigenvalue weighted by molar-refractivity contribution is 0.0642. The van der Waals surface area contributed by atoms with E-state index in [1.54, 1.807) is 29.2 Å². The number of nitrogens with one attached hydrogen (secondary N) is 1. The molecule has 0 bridgehead atoms. The zero-order valence-corrected chi connectivity index (χ0v) is 17.4. The number of likely N-dealkylation sites (N-methyl/N-ethyl adjacent to an activating group) is 1. The molecule has 0 atom stereocenters. The molecule has 2 aromatic carbocycles. The van der Waals surface area contributed by atoms with E-state index >= 15 is 0 Å². The largest absolute Gasteiger partial charge is 0.336 e. The number of amides is 1. The van der Waals surface area contributed by atoms with Crippen LogP contribution in [0.3, 0.4) is 0 Å². The number of rotatable bonds is 5. The van der Waals surface area contributed by atoms with Crippen LogP contribution in [0, 0.1) is 13.8 Å². The zero-order valence-electron chi connectivity index (χ0n) is 16.6. The lowest BCUT2D eigenvalue weighted by Gasteiger charge is -2.34. The first kappa shape index (κ1) is 20.4. The van der Waals surface area contributed by atoms with Gasteiger partial charge in [0.2, 0.25) is 0 Å². The Balaban J connectivity index is 1.85. The Morgan fingerprint density at radius 1 is 1.00 bits per heavy atom. The third-order valence-electron chi connectivity index (χ3n) is 5.25. The van der Waals surface area contributed by atoms with Crippen molar-refractivity contribution in [2.24, 2.45) is 0 Å². The van der Waals surface area contributed by atoms with E-state index in [0.29, 0.717) is 24.3 Å². The third kappa shape index (κ3) is 4.36. The molecule has 0 unspecified atom stereocenters. The second-order valence-electron chi connectivity index (χ2n) is 7.12. The van der Waals surface area contributed by atoms with Crippen LogP contribution in [0.25, 0.3) is 0 Å². The maximum absolute atomic E-state index is 13.0. The molecule has 0 radical (unpaired) electrons. The maximum Gasteiger partial charge on any atom is 0.261 e. The highest BCUT2D eigenvalue weighted by molar-refractivity contribution is 7.92. The lowest BCUT2D eigenvalue weighted by atomic mass is 10.1. The van der Waals surface area contributed by atoms with Gasteiger partial charge in [0.05, 0.1) is 10.6 Å². The van der Waals surface area contributed by atoms with Crippen molar-refractivity contribution in [1.29, 1.82) is 0 Å². The van der Waals surface area contributed by atoms with Gasteiger partial charge in [-0.25, -0.2) is 8.42 Å². The molecule has 1 amide bonds.